The van der Waals surface area contributed by atoms with Gasteiger partial charge in [-0.25, -0.2) is 0 Å². The van der Waals surface area contributed by atoms with E-state index in [-0.39, 0.29) is 5.60 Å². The van der Waals surface area contributed by atoms with Gasteiger partial charge in [0.1, 0.15) is 0 Å². The van der Waals surface area contributed by atoms with Crippen molar-refractivity contribution in [2.75, 3.05) is 33.4 Å². The molecule has 86 valence electrons. The Morgan fingerprint density at radius 1 is 1.14 bits per heavy atom. The number of hydrogen-bond acceptors (Lipinski definition) is 3. The Morgan fingerprint density at radius 3 is 2.43 bits per heavy atom. The lowest BCUT2D eigenvalue weighted by Crippen LogP contribution is -2.36. The van der Waals surface area contributed by atoms with Crippen molar-refractivity contribution in [1.29, 1.82) is 0 Å². The van der Waals surface area contributed by atoms with Crippen molar-refractivity contribution in [3.05, 3.63) is 0 Å². The summed E-state index contributed by atoms with van der Waals surface area (Å²) in [5.74, 6) is 0. The molecule has 0 heterocycles. The number of ether oxygens (including phenoxy) is 2. The van der Waals surface area contributed by atoms with Gasteiger partial charge in [-0.1, -0.05) is 13.3 Å². The third kappa shape index (κ3) is 8.48. The van der Waals surface area contributed by atoms with E-state index in [2.05, 4.69) is 26.1 Å². The number of hydrogen-bond donors (Lipinski definition) is 1. The van der Waals surface area contributed by atoms with Crippen molar-refractivity contribution in [3.8, 4) is 0 Å². The van der Waals surface area contributed by atoms with E-state index in [4.69, 9.17) is 9.47 Å². The van der Waals surface area contributed by atoms with Gasteiger partial charge in [-0.05, 0) is 27.3 Å². The zero-order valence-corrected chi connectivity index (χ0v) is 10.1. The molecule has 0 aromatic heterocycles. The highest BCUT2D eigenvalue weighted by molar-refractivity contribution is 4.70. The molecule has 0 unspecified atom stereocenters. The molecule has 3 nitrogen and oxygen atoms in total. The van der Waals surface area contributed by atoms with Crippen molar-refractivity contribution in [1.82, 2.24) is 5.32 Å². The van der Waals surface area contributed by atoms with Crippen LogP contribution in [0.15, 0.2) is 0 Å². The van der Waals surface area contributed by atoms with Crippen LogP contribution in [0.5, 0.6) is 0 Å². The average Bonchev–Trinajstić information content (AvgIpc) is 2.11. The fraction of sp³-hybridized carbons (Fsp3) is 1.00. The maximum atomic E-state index is 5.66. The summed E-state index contributed by atoms with van der Waals surface area (Å²) in [6.07, 6.45) is 2.33. The van der Waals surface area contributed by atoms with Gasteiger partial charge >= 0.3 is 0 Å². The van der Waals surface area contributed by atoms with Gasteiger partial charge in [0.05, 0.1) is 18.8 Å². The van der Waals surface area contributed by atoms with Crippen LogP contribution in [0.1, 0.15) is 33.6 Å². The van der Waals surface area contributed by atoms with E-state index in [0.717, 1.165) is 19.6 Å². The summed E-state index contributed by atoms with van der Waals surface area (Å²) in [5.41, 5.74) is -0.0944. The van der Waals surface area contributed by atoms with E-state index in [0.29, 0.717) is 13.2 Å². The standard InChI is InChI=1S/C11H25NO2/c1-5-6-7-13-8-9-14-11(2,3)10-12-4/h12H,5-10H2,1-4H3. The topological polar surface area (TPSA) is 30.5 Å². The second-order valence-electron chi connectivity index (χ2n) is 4.10. The molecule has 0 bridgehead atoms. The Balaban J connectivity index is 3.26. The van der Waals surface area contributed by atoms with Crippen LogP contribution in [0.25, 0.3) is 0 Å². The fourth-order valence-corrected chi connectivity index (χ4v) is 1.20. The van der Waals surface area contributed by atoms with Gasteiger partial charge in [0.15, 0.2) is 0 Å². The molecule has 0 rings (SSSR count). The largest absolute Gasteiger partial charge is 0.379 e. The molecule has 0 saturated heterocycles. The number of rotatable bonds is 9. The normalized spacial score (nSPS) is 12.0. The van der Waals surface area contributed by atoms with Crippen LogP contribution in [-0.4, -0.2) is 39.0 Å². The third-order valence-corrected chi connectivity index (χ3v) is 1.97. The summed E-state index contributed by atoms with van der Waals surface area (Å²) in [4.78, 5) is 0. The van der Waals surface area contributed by atoms with E-state index in [1.54, 1.807) is 0 Å². The molecule has 0 amide bonds. The van der Waals surface area contributed by atoms with Gasteiger partial charge in [-0.15, -0.1) is 0 Å². The van der Waals surface area contributed by atoms with Crippen molar-refractivity contribution in [2.45, 2.75) is 39.2 Å². The van der Waals surface area contributed by atoms with Gasteiger partial charge in [0.2, 0.25) is 0 Å². The van der Waals surface area contributed by atoms with Crippen LogP contribution in [-0.2, 0) is 9.47 Å². The monoisotopic (exact) mass is 203 g/mol. The number of likely N-dealkylation sites (N-methyl/N-ethyl adjacent to an activating group) is 1. The summed E-state index contributed by atoms with van der Waals surface area (Å²) in [5, 5.41) is 3.10. The minimum absolute atomic E-state index is 0.0944. The molecular weight excluding hydrogens is 178 g/mol. The Morgan fingerprint density at radius 2 is 1.86 bits per heavy atom. The molecule has 0 radical (unpaired) electrons. The summed E-state index contributed by atoms with van der Waals surface area (Å²) in [7, 11) is 1.93. The highest BCUT2D eigenvalue weighted by atomic mass is 16.5. The lowest BCUT2D eigenvalue weighted by molar-refractivity contribution is -0.0439. The van der Waals surface area contributed by atoms with Crippen LogP contribution in [0.4, 0.5) is 0 Å². The Bertz CT molecular complexity index is 126. The molecule has 0 atom stereocenters. The maximum absolute atomic E-state index is 5.66. The van der Waals surface area contributed by atoms with Crippen LogP contribution < -0.4 is 5.32 Å². The molecule has 1 N–H and O–H groups in total. The molecule has 0 aliphatic carbocycles. The quantitative estimate of drug-likeness (QED) is 0.580. The Hall–Kier alpha value is -0.120. The molecule has 0 aliphatic rings. The predicted molar refractivity (Wildman–Crippen MR) is 59.7 cm³/mol. The van der Waals surface area contributed by atoms with Crippen LogP contribution in [0.2, 0.25) is 0 Å². The molecule has 14 heavy (non-hydrogen) atoms. The molecule has 0 spiro atoms. The van der Waals surface area contributed by atoms with Crippen molar-refractivity contribution < 1.29 is 9.47 Å². The highest BCUT2D eigenvalue weighted by Gasteiger charge is 2.16. The van der Waals surface area contributed by atoms with Gasteiger partial charge in [-0.3, -0.25) is 0 Å². The van der Waals surface area contributed by atoms with Gasteiger partial charge in [0.25, 0.3) is 0 Å². The maximum Gasteiger partial charge on any atom is 0.0751 e. The van der Waals surface area contributed by atoms with Gasteiger partial charge in [-0.2, -0.15) is 0 Å². The minimum atomic E-state index is -0.0944. The smallest absolute Gasteiger partial charge is 0.0751 e. The van der Waals surface area contributed by atoms with E-state index >= 15 is 0 Å². The first-order valence-electron chi connectivity index (χ1n) is 5.48. The fourth-order valence-electron chi connectivity index (χ4n) is 1.20. The molecule has 0 aliphatic heterocycles. The number of unbranched alkanes of at least 4 members (excludes halogenated alkanes) is 1. The van der Waals surface area contributed by atoms with Crippen LogP contribution in [0.3, 0.4) is 0 Å². The molecule has 0 saturated carbocycles. The Kier molecular flexibility index (Phi) is 8.14. The highest BCUT2D eigenvalue weighted by Crippen LogP contribution is 2.06. The van der Waals surface area contributed by atoms with Gasteiger partial charge < -0.3 is 14.8 Å². The van der Waals surface area contributed by atoms with E-state index in [9.17, 15) is 0 Å². The summed E-state index contributed by atoms with van der Waals surface area (Å²) < 4.78 is 11.1. The first-order chi connectivity index (χ1) is 6.62. The molecule has 0 aromatic rings. The predicted octanol–water partition coefficient (Wildman–Crippen LogP) is 1.82. The molecule has 3 heteroatoms. The van der Waals surface area contributed by atoms with Crippen LogP contribution in [0, 0.1) is 0 Å². The number of nitrogens with one attached hydrogen (secondary N) is 1. The van der Waals surface area contributed by atoms with Crippen molar-refractivity contribution in [2.24, 2.45) is 0 Å². The summed E-state index contributed by atoms with van der Waals surface area (Å²) >= 11 is 0. The lowest BCUT2D eigenvalue weighted by atomic mass is 10.1. The van der Waals surface area contributed by atoms with Crippen molar-refractivity contribution >= 4 is 0 Å². The summed E-state index contributed by atoms with van der Waals surface area (Å²) in [6.45, 7) is 9.42. The third-order valence-electron chi connectivity index (χ3n) is 1.97. The Labute approximate surface area is 88.2 Å². The van der Waals surface area contributed by atoms with Crippen LogP contribution >= 0.6 is 0 Å². The van der Waals surface area contributed by atoms with Gasteiger partial charge in [0, 0.05) is 13.2 Å². The second kappa shape index (κ2) is 8.21. The minimum Gasteiger partial charge on any atom is -0.379 e. The van der Waals surface area contributed by atoms with E-state index < -0.39 is 0 Å². The molecular formula is C11H25NO2. The average molecular weight is 203 g/mol. The SMILES string of the molecule is CCCCOCCOC(C)(C)CNC. The van der Waals surface area contributed by atoms with E-state index in [1.165, 1.54) is 6.42 Å². The van der Waals surface area contributed by atoms with E-state index in [1.807, 2.05) is 7.05 Å². The molecule has 0 aromatic carbocycles. The second-order valence-corrected chi connectivity index (χ2v) is 4.10. The lowest BCUT2D eigenvalue weighted by Gasteiger charge is -2.24. The molecule has 0 fully saturated rings. The first-order valence-corrected chi connectivity index (χ1v) is 5.48. The summed E-state index contributed by atoms with van der Waals surface area (Å²) in [6, 6.07) is 0. The zero-order chi connectivity index (χ0) is 10.9. The zero-order valence-electron chi connectivity index (χ0n) is 10.1. The van der Waals surface area contributed by atoms with Crippen molar-refractivity contribution in [3.63, 3.8) is 0 Å². The first kappa shape index (κ1) is 13.9.